The van der Waals surface area contributed by atoms with Gasteiger partial charge in [-0.15, -0.1) is 0 Å². The molecular weight excluding hydrogens is 404 g/mol. The summed E-state index contributed by atoms with van der Waals surface area (Å²) < 4.78 is 33.1. The van der Waals surface area contributed by atoms with Crippen LogP contribution in [0.25, 0.3) is 0 Å². The van der Waals surface area contributed by atoms with Crippen LogP contribution in [0.3, 0.4) is 0 Å². The maximum absolute atomic E-state index is 12.8. The van der Waals surface area contributed by atoms with Crippen LogP contribution < -0.4 is 14.8 Å². The molecule has 9 heteroatoms. The molecule has 30 heavy (non-hydrogen) atoms. The Kier molecular flexibility index (Phi) is 5.13. The van der Waals surface area contributed by atoms with Gasteiger partial charge < -0.3 is 10.1 Å². The van der Waals surface area contributed by atoms with Gasteiger partial charge in [0.2, 0.25) is 5.95 Å². The number of fused-ring (bicyclic) bond motifs is 1. The highest BCUT2D eigenvalue weighted by molar-refractivity contribution is 7.92. The highest BCUT2D eigenvalue weighted by atomic mass is 32.2. The average Bonchev–Trinajstić information content (AvgIpc) is 3.03. The summed E-state index contributed by atoms with van der Waals surface area (Å²) in [6, 6.07) is 12.9. The molecule has 2 unspecified atom stereocenters. The fourth-order valence-corrected chi connectivity index (χ4v) is 4.17. The zero-order chi connectivity index (χ0) is 21.3. The SMILES string of the molecule is CC1Oc2c(C(=O)Nc3ccc(S(=O)(=O)Nc4ncccn4)cc3)cccc2C1C. The van der Waals surface area contributed by atoms with Gasteiger partial charge in [-0.1, -0.05) is 19.1 Å². The van der Waals surface area contributed by atoms with E-state index in [1.165, 1.54) is 36.7 Å². The van der Waals surface area contributed by atoms with Gasteiger partial charge in [0.1, 0.15) is 11.9 Å². The molecule has 4 rings (SSSR count). The number of anilines is 2. The first-order valence-electron chi connectivity index (χ1n) is 9.36. The maximum Gasteiger partial charge on any atom is 0.264 e. The molecule has 1 aromatic heterocycles. The van der Waals surface area contributed by atoms with Gasteiger partial charge in [-0.3, -0.25) is 4.79 Å². The van der Waals surface area contributed by atoms with Gasteiger partial charge in [-0.2, -0.15) is 0 Å². The second-order valence-electron chi connectivity index (χ2n) is 6.99. The number of amides is 1. The number of sulfonamides is 1. The van der Waals surface area contributed by atoms with E-state index >= 15 is 0 Å². The zero-order valence-electron chi connectivity index (χ0n) is 16.4. The molecule has 0 aliphatic carbocycles. The molecule has 2 N–H and O–H groups in total. The number of rotatable bonds is 5. The molecule has 1 aliphatic rings. The van der Waals surface area contributed by atoms with Crippen LogP contribution in [0.2, 0.25) is 0 Å². The van der Waals surface area contributed by atoms with Crippen molar-refractivity contribution in [3.8, 4) is 5.75 Å². The number of carbonyl (C=O) groups is 1. The molecule has 1 aliphatic heterocycles. The highest BCUT2D eigenvalue weighted by Gasteiger charge is 2.31. The Morgan fingerprint density at radius 2 is 1.70 bits per heavy atom. The minimum absolute atomic E-state index is 0.000431. The van der Waals surface area contributed by atoms with Crippen molar-refractivity contribution < 1.29 is 17.9 Å². The number of nitrogens with zero attached hydrogens (tertiary/aromatic N) is 2. The second kappa shape index (κ2) is 7.75. The molecule has 2 heterocycles. The topological polar surface area (TPSA) is 110 Å². The molecule has 2 aromatic carbocycles. The first kappa shape index (κ1) is 19.8. The third kappa shape index (κ3) is 3.84. The lowest BCUT2D eigenvalue weighted by atomic mass is 9.97. The van der Waals surface area contributed by atoms with E-state index in [9.17, 15) is 13.2 Å². The van der Waals surface area contributed by atoms with Crippen molar-refractivity contribution in [2.24, 2.45) is 0 Å². The molecule has 154 valence electrons. The smallest absolute Gasteiger partial charge is 0.264 e. The van der Waals surface area contributed by atoms with Crippen LogP contribution in [0.5, 0.6) is 5.75 Å². The van der Waals surface area contributed by atoms with Gasteiger partial charge >= 0.3 is 0 Å². The summed E-state index contributed by atoms with van der Waals surface area (Å²) in [4.78, 5) is 20.5. The van der Waals surface area contributed by atoms with Crippen molar-refractivity contribution in [1.29, 1.82) is 0 Å². The summed E-state index contributed by atoms with van der Waals surface area (Å²) in [5, 5.41) is 2.79. The summed E-state index contributed by atoms with van der Waals surface area (Å²) in [5.74, 6) is 0.468. The lowest BCUT2D eigenvalue weighted by Crippen LogP contribution is -2.16. The van der Waals surface area contributed by atoms with Gasteiger partial charge in [0, 0.05) is 29.6 Å². The number of benzene rings is 2. The fraction of sp³-hybridized carbons (Fsp3) is 0.190. The molecule has 0 saturated heterocycles. The Morgan fingerprint density at radius 3 is 2.40 bits per heavy atom. The minimum Gasteiger partial charge on any atom is -0.489 e. The average molecular weight is 424 g/mol. The number of hydrogen-bond acceptors (Lipinski definition) is 6. The van der Waals surface area contributed by atoms with E-state index in [1.54, 1.807) is 12.1 Å². The van der Waals surface area contributed by atoms with Crippen molar-refractivity contribution in [3.63, 3.8) is 0 Å². The van der Waals surface area contributed by atoms with Gasteiger partial charge in [-0.05, 0) is 43.3 Å². The Hall–Kier alpha value is -3.46. The quantitative estimate of drug-likeness (QED) is 0.649. The summed E-state index contributed by atoms with van der Waals surface area (Å²) >= 11 is 0. The summed E-state index contributed by atoms with van der Waals surface area (Å²) in [5.41, 5.74) is 1.92. The molecule has 0 radical (unpaired) electrons. The van der Waals surface area contributed by atoms with Crippen molar-refractivity contribution in [3.05, 3.63) is 72.1 Å². The van der Waals surface area contributed by atoms with Crippen molar-refractivity contribution in [1.82, 2.24) is 9.97 Å². The molecular formula is C21H20N4O4S. The maximum atomic E-state index is 12.8. The predicted molar refractivity (Wildman–Crippen MR) is 112 cm³/mol. The zero-order valence-corrected chi connectivity index (χ0v) is 17.2. The third-order valence-corrected chi connectivity index (χ3v) is 6.35. The Labute approximate surface area is 174 Å². The van der Waals surface area contributed by atoms with E-state index in [0.29, 0.717) is 17.0 Å². The van der Waals surface area contributed by atoms with Gasteiger partial charge in [-0.25, -0.2) is 23.1 Å². The Balaban J connectivity index is 1.50. The Morgan fingerprint density at radius 1 is 1.00 bits per heavy atom. The molecule has 1 amide bonds. The molecule has 0 saturated carbocycles. The molecule has 0 spiro atoms. The van der Waals surface area contributed by atoms with Crippen LogP contribution in [-0.2, 0) is 10.0 Å². The molecule has 2 atom stereocenters. The normalized spacial score (nSPS) is 17.7. The first-order chi connectivity index (χ1) is 14.3. The monoisotopic (exact) mass is 424 g/mol. The van der Waals surface area contributed by atoms with Crippen molar-refractivity contribution in [2.45, 2.75) is 30.8 Å². The molecule has 0 fully saturated rings. The van der Waals surface area contributed by atoms with E-state index in [4.69, 9.17) is 4.74 Å². The summed E-state index contributed by atoms with van der Waals surface area (Å²) in [7, 11) is -3.84. The summed E-state index contributed by atoms with van der Waals surface area (Å²) in [6.07, 6.45) is 2.88. The number of para-hydroxylation sites is 1. The Bertz CT molecular complexity index is 1180. The number of carbonyl (C=O) groups excluding carboxylic acids is 1. The van der Waals surface area contributed by atoms with Gasteiger partial charge in [0.05, 0.1) is 10.5 Å². The van der Waals surface area contributed by atoms with E-state index in [1.807, 2.05) is 19.1 Å². The van der Waals surface area contributed by atoms with Crippen LogP contribution >= 0.6 is 0 Å². The lowest BCUT2D eigenvalue weighted by molar-refractivity contribution is 0.102. The van der Waals surface area contributed by atoms with E-state index in [-0.39, 0.29) is 28.8 Å². The molecule has 8 nitrogen and oxygen atoms in total. The van der Waals surface area contributed by atoms with Crippen LogP contribution in [0.15, 0.2) is 65.8 Å². The van der Waals surface area contributed by atoms with Crippen LogP contribution in [0.1, 0.15) is 35.7 Å². The van der Waals surface area contributed by atoms with Gasteiger partial charge in [0.15, 0.2) is 0 Å². The van der Waals surface area contributed by atoms with Crippen LogP contribution in [-0.4, -0.2) is 30.4 Å². The fourth-order valence-electron chi connectivity index (χ4n) is 3.21. The van der Waals surface area contributed by atoms with Gasteiger partial charge in [0.25, 0.3) is 15.9 Å². The highest BCUT2D eigenvalue weighted by Crippen LogP contribution is 2.40. The molecule has 0 bridgehead atoms. The number of aromatic nitrogens is 2. The first-order valence-corrected chi connectivity index (χ1v) is 10.8. The lowest BCUT2D eigenvalue weighted by Gasteiger charge is -2.11. The summed E-state index contributed by atoms with van der Waals surface area (Å²) in [6.45, 7) is 4.03. The minimum atomic E-state index is -3.84. The number of hydrogen-bond donors (Lipinski definition) is 2. The van der Waals surface area contributed by atoms with E-state index < -0.39 is 10.0 Å². The predicted octanol–water partition coefficient (Wildman–Crippen LogP) is 3.41. The van der Waals surface area contributed by atoms with Crippen molar-refractivity contribution >= 4 is 27.6 Å². The third-order valence-electron chi connectivity index (χ3n) is 5.00. The van der Waals surface area contributed by atoms with E-state index in [0.717, 1.165) is 5.56 Å². The largest absolute Gasteiger partial charge is 0.489 e. The number of ether oxygens (including phenoxy) is 1. The van der Waals surface area contributed by atoms with Crippen LogP contribution in [0.4, 0.5) is 11.6 Å². The number of nitrogens with one attached hydrogen (secondary N) is 2. The molecule has 3 aromatic rings. The second-order valence-corrected chi connectivity index (χ2v) is 8.67. The van der Waals surface area contributed by atoms with Crippen molar-refractivity contribution in [2.75, 3.05) is 10.0 Å². The van der Waals surface area contributed by atoms with Crippen LogP contribution in [0, 0.1) is 0 Å². The van der Waals surface area contributed by atoms with E-state index in [2.05, 4.69) is 26.9 Å². The standard InChI is InChI=1S/C21H20N4O4S/c1-13-14(2)29-19-17(13)5-3-6-18(19)20(26)24-15-7-9-16(10-8-15)30(27,28)25-21-22-11-4-12-23-21/h3-14H,1-2H3,(H,24,26)(H,22,23,25).